The van der Waals surface area contributed by atoms with E-state index in [1.807, 2.05) is 13.8 Å². The second kappa shape index (κ2) is 4.74. The average Bonchev–Trinajstić information content (AvgIpc) is 1.84. The maximum absolute atomic E-state index is 11.1. The molecule has 0 aromatic carbocycles. The van der Waals surface area contributed by atoms with Crippen molar-refractivity contribution in [3.05, 3.63) is 0 Å². The number of carbonyl (C=O) groups excluding carboxylic acids is 2. The lowest BCUT2D eigenvalue weighted by atomic mass is 10.2. The Balaban J connectivity index is 3.85. The van der Waals surface area contributed by atoms with Crippen molar-refractivity contribution in [3.63, 3.8) is 0 Å². The zero-order chi connectivity index (χ0) is 9.72. The predicted octanol–water partition coefficient (Wildman–Crippen LogP) is -0.0238. The van der Waals surface area contributed by atoms with Crippen LogP contribution in [0.3, 0.4) is 0 Å². The molecular weight excluding hydrogens is 156 g/mol. The fraction of sp³-hybridized carbons (Fsp3) is 0.750. The van der Waals surface area contributed by atoms with E-state index in [4.69, 9.17) is 5.73 Å². The molecule has 0 radical (unpaired) electrons. The van der Waals surface area contributed by atoms with Crippen molar-refractivity contribution in [2.45, 2.75) is 20.3 Å². The van der Waals surface area contributed by atoms with Crippen LogP contribution in [0.25, 0.3) is 0 Å². The van der Waals surface area contributed by atoms with Gasteiger partial charge in [-0.05, 0) is 5.92 Å². The van der Waals surface area contributed by atoms with Gasteiger partial charge in [-0.3, -0.25) is 9.59 Å². The molecule has 0 saturated heterocycles. The molecule has 0 aliphatic heterocycles. The van der Waals surface area contributed by atoms with Crippen LogP contribution in [0.5, 0.6) is 0 Å². The lowest BCUT2D eigenvalue weighted by molar-refractivity contribution is -0.134. The summed E-state index contributed by atoms with van der Waals surface area (Å²) in [6, 6.07) is 0. The zero-order valence-corrected chi connectivity index (χ0v) is 7.83. The van der Waals surface area contributed by atoms with Crippen molar-refractivity contribution >= 4 is 11.8 Å². The smallest absolute Gasteiger partial charge is 0.231 e. The number of hydrogen-bond acceptors (Lipinski definition) is 2. The molecule has 0 spiro atoms. The van der Waals surface area contributed by atoms with Crippen LogP contribution >= 0.6 is 0 Å². The molecule has 0 saturated carbocycles. The maximum atomic E-state index is 11.1. The Morgan fingerprint density at radius 2 is 1.92 bits per heavy atom. The van der Waals surface area contributed by atoms with Gasteiger partial charge in [0.2, 0.25) is 11.8 Å². The highest BCUT2D eigenvalue weighted by atomic mass is 16.2. The minimum absolute atomic E-state index is 0.191. The third kappa shape index (κ3) is 4.71. The van der Waals surface area contributed by atoms with Crippen LogP contribution in [-0.2, 0) is 9.59 Å². The van der Waals surface area contributed by atoms with Crippen LogP contribution in [0.4, 0.5) is 0 Å². The SMILES string of the molecule is CC(C)CN(C)C(=O)CC(N)=O. The Morgan fingerprint density at radius 1 is 1.42 bits per heavy atom. The van der Waals surface area contributed by atoms with E-state index in [1.165, 1.54) is 4.90 Å². The third-order valence-electron chi connectivity index (χ3n) is 1.39. The highest BCUT2D eigenvalue weighted by Gasteiger charge is 2.11. The fourth-order valence-electron chi connectivity index (χ4n) is 0.934. The predicted molar refractivity (Wildman–Crippen MR) is 46.3 cm³/mol. The van der Waals surface area contributed by atoms with E-state index in [0.717, 1.165) is 0 Å². The molecule has 2 N–H and O–H groups in total. The van der Waals surface area contributed by atoms with Crippen molar-refractivity contribution in [3.8, 4) is 0 Å². The number of nitrogens with two attached hydrogens (primary N) is 1. The molecule has 0 fully saturated rings. The lowest BCUT2D eigenvalue weighted by Gasteiger charge is -2.18. The van der Waals surface area contributed by atoms with Gasteiger partial charge in [0.05, 0.1) is 0 Å². The summed E-state index contributed by atoms with van der Waals surface area (Å²) >= 11 is 0. The average molecular weight is 172 g/mol. The number of nitrogens with zero attached hydrogens (tertiary/aromatic N) is 1. The van der Waals surface area contributed by atoms with E-state index in [9.17, 15) is 9.59 Å². The number of amides is 2. The van der Waals surface area contributed by atoms with Crippen molar-refractivity contribution in [2.75, 3.05) is 13.6 Å². The molecule has 0 atom stereocenters. The molecule has 0 heterocycles. The van der Waals surface area contributed by atoms with Gasteiger partial charge >= 0.3 is 0 Å². The van der Waals surface area contributed by atoms with E-state index in [2.05, 4.69) is 0 Å². The third-order valence-corrected chi connectivity index (χ3v) is 1.39. The maximum Gasteiger partial charge on any atom is 0.231 e. The van der Waals surface area contributed by atoms with Crippen molar-refractivity contribution in [2.24, 2.45) is 11.7 Å². The Hall–Kier alpha value is -1.06. The number of rotatable bonds is 4. The van der Waals surface area contributed by atoms with Crippen molar-refractivity contribution in [1.82, 2.24) is 4.90 Å². The van der Waals surface area contributed by atoms with Crippen molar-refractivity contribution in [1.29, 1.82) is 0 Å². The van der Waals surface area contributed by atoms with Gasteiger partial charge in [-0.1, -0.05) is 13.8 Å². The van der Waals surface area contributed by atoms with E-state index < -0.39 is 5.91 Å². The van der Waals surface area contributed by atoms with Gasteiger partial charge in [0.1, 0.15) is 6.42 Å². The summed E-state index contributed by atoms with van der Waals surface area (Å²) in [5.74, 6) is -0.376. The normalized spacial score (nSPS) is 10.0. The fourth-order valence-corrected chi connectivity index (χ4v) is 0.934. The van der Waals surface area contributed by atoms with Gasteiger partial charge < -0.3 is 10.6 Å². The largest absolute Gasteiger partial charge is 0.369 e. The van der Waals surface area contributed by atoms with Crippen molar-refractivity contribution < 1.29 is 9.59 Å². The van der Waals surface area contributed by atoms with Gasteiger partial charge in [0.25, 0.3) is 0 Å². The Kier molecular flexibility index (Phi) is 4.33. The molecule has 70 valence electrons. The molecular formula is C8H16N2O2. The van der Waals surface area contributed by atoms with Crippen LogP contribution in [0.15, 0.2) is 0 Å². The topological polar surface area (TPSA) is 63.4 Å². The molecule has 12 heavy (non-hydrogen) atoms. The van der Waals surface area contributed by atoms with Gasteiger partial charge in [0.15, 0.2) is 0 Å². The van der Waals surface area contributed by atoms with Gasteiger partial charge in [-0.2, -0.15) is 0 Å². The number of carbonyl (C=O) groups is 2. The van der Waals surface area contributed by atoms with Crippen LogP contribution in [-0.4, -0.2) is 30.3 Å². The second-order valence-electron chi connectivity index (χ2n) is 3.31. The first-order valence-electron chi connectivity index (χ1n) is 3.95. The van der Waals surface area contributed by atoms with E-state index in [1.54, 1.807) is 7.05 Å². The first-order chi connectivity index (χ1) is 5.43. The number of hydrogen-bond donors (Lipinski definition) is 1. The summed E-state index contributed by atoms with van der Waals surface area (Å²) in [5.41, 5.74) is 4.88. The summed E-state index contributed by atoms with van der Waals surface area (Å²) in [4.78, 5) is 23.0. The first kappa shape index (κ1) is 10.9. The van der Waals surface area contributed by atoms with Gasteiger partial charge in [0, 0.05) is 13.6 Å². The number of primary amides is 1. The second-order valence-corrected chi connectivity index (χ2v) is 3.31. The molecule has 4 heteroatoms. The monoisotopic (exact) mass is 172 g/mol. The minimum Gasteiger partial charge on any atom is -0.369 e. The molecule has 0 aliphatic carbocycles. The van der Waals surface area contributed by atoms with Crippen LogP contribution in [0.2, 0.25) is 0 Å². The summed E-state index contributed by atoms with van der Waals surface area (Å²) in [7, 11) is 1.67. The molecule has 0 unspecified atom stereocenters. The summed E-state index contributed by atoms with van der Waals surface area (Å²) in [6.45, 7) is 4.67. The summed E-state index contributed by atoms with van der Waals surface area (Å²) < 4.78 is 0. The van der Waals surface area contributed by atoms with E-state index >= 15 is 0 Å². The lowest BCUT2D eigenvalue weighted by Crippen LogP contribution is -2.33. The van der Waals surface area contributed by atoms with Gasteiger partial charge in [-0.15, -0.1) is 0 Å². The highest BCUT2D eigenvalue weighted by molar-refractivity contribution is 5.95. The Bertz CT molecular complexity index is 178. The van der Waals surface area contributed by atoms with E-state index in [0.29, 0.717) is 12.5 Å². The highest BCUT2D eigenvalue weighted by Crippen LogP contribution is 1.97. The molecule has 0 rings (SSSR count). The summed E-state index contributed by atoms with van der Waals surface area (Å²) in [6.07, 6.45) is -0.191. The molecule has 2 amide bonds. The molecule has 0 aromatic rings. The molecule has 0 bridgehead atoms. The molecule has 0 aromatic heterocycles. The Labute approximate surface area is 72.7 Å². The van der Waals surface area contributed by atoms with Crippen LogP contribution in [0.1, 0.15) is 20.3 Å². The first-order valence-corrected chi connectivity index (χ1v) is 3.95. The zero-order valence-electron chi connectivity index (χ0n) is 7.83. The van der Waals surface area contributed by atoms with E-state index in [-0.39, 0.29) is 12.3 Å². The summed E-state index contributed by atoms with van der Waals surface area (Å²) in [5, 5.41) is 0. The molecule has 0 aliphatic rings. The van der Waals surface area contributed by atoms with Crippen LogP contribution in [0, 0.1) is 5.92 Å². The van der Waals surface area contributed by atoms with Crippen LogP contribution < -0.4 is 5.73 Å². The van der Waals surface area contributed by atoms with Gasteiger partial charge in [-0.25, -0.2) is 0 Å². The quantitative estimate of drug-likeness (QED) is 0.605. The Morgan fingerprint density at radius 3 is 2.25 bits per heavy atom. The minimum atomic E-state index is -0.574. The standard InChI is InChI=1S/C8H16N2O2/c1-6(2)5-10(3)8(12)4-7(9)11/h6H,4-5H2,1-3H3,(H2,9,11). The molecule has 4 nitrogen and oxygen atoms in total.